The molecular weight excluding hydrogens is 552 g/mol. The first-order chi connectivity index (χ1) is 18.9. The van der Waals surface area contributed by atoms with Crippen LogP contribution < -0.4 is 5.32 Å². The summed E-state index contributed by atoms with van der Waals surface area (Å²) in [5, 5.41) is 14.6. The van der Waals surface area contributed by atoms with Gasteiger partial charge in [-0.15, -0.1) is 23.2 Å². The molecule has 2 N–H and O–H groups in total. The maximum Gasteiger partial charge on any atom is 0.234 e. The number of hydrogen-bond acceptors (Lipinski definition) is 5. The van der Waals surface area contributed by atoms with E-state index in [9.17, 15) is 14.7 Å². The van der Waals surface area contributed by atoms with Gasteiger partial charge in [-0.1, -0.05) is 44.2 Å². The summed E-state index contributed by atoms with van der Waals surface area (Å²) in [6.45, 7) is 5.83. The van der Waals surface area contributed by atoms with Crippen molar-refractivity contribution >= 4 is 45.9 Å². The van der Waals surface area contributed by atoms with Crippen LogP contribution in [-0.2, 0) is 21.7 Å². The van der Waals surface area contributed by atoms with Crippen LogP contribution in [0.2, 0.25) is 0 Å². The Bertz CT molecular complexity index is 1510. The zero-order valence-corrected chi connectivity index (χ0v) is 24.0. The molecule has 3 aliphatic rings. The maximum absolute atomic E-state index is 16.2. The van der Waals surface area contributed by atoms with Gasteiger partial charge in [0, 0.05) is 54.5 Å². The first-order valence-corrected chi connectivity index (χ1v) is 14.5. The number of fused-ring (bicyclic) bond motifs is 1. The van der Waals surface area contributed by atoms with Crippen molar-refractivity contribution in [1.82, 2.24) is 15.2 Å². The van der Waals surface area contributed by atoms with Gasteiger partial charge in [-0.2, -0.15) is 0 Å². The number of alkyl halides is 2. The molecule has 2 saturated heterocycles. The van der Waals surface area contributed by atoms with E-state index in [4.69, 9.17) is 23.2 Å². The zero-order valence-electron chi connectivity index (χ0n) is 22.5. The second-order valence-electron chi connectivity index (χ2n) is 12.2. The number of rotatable bonds is 5. The number of nitrogens with one attached hydrogen (secondary N) is 1. The van der Waals surface area contributed by atoms with Gasteiger partial charge < -0.3 is 5.11 Å². The van der Waals surface area contributed by atoms with Gasteiger partial charge in [0.05, 0.1) is 17.0 Å². The van der Waals surface area contributed by atoms with E-state index in [0.717, 1.165) is 24.1 Å². The first kappa shape index (κ1) is 27.6. The normalized spacial score (nSPS) is 27.9. The molecule has 0 radical (unpaired) electrons. The fraction of sp³-hybridized carbons (Fsp3) is 0.452. The molecule has 0 bridgehead atoms. The number of carbonyl (C=O) groups is 2. The largest absolute Gasteiger partial charge is 0.384 e. The molecule has 40 heavy (non-hydrogen) atoms. The maximum atomic E-state index is 16.2. The number of likely N-dealkylation sites (tertiary alicyclic amines) is 1. The molecule has 3 fully saturated rings. The number of imide groups is 1. The Morgan fingerprint density at radius 2 is 1.85 bits per heavy atom. The van der Waals surface area contributed by atoms with Crippen molar-refractivity contribution in [1.29, 1.82) is 0 Å². The minimum atomic E-state index is -1.40. The number of pyridine rings is 1. The van der Waals surface area contributed by atoms with Gasteiger partial charge >= 0.3 is 0 Å². The molecule has 1 saturated carbocycles. The highest BCUT2D eigenvalue weighted by molar-refractivity contribution is 6.51. The number of aliphatic hydroxyl groups is 1. The topological polar surface area (TPSA) is 82.5 Å². The van der Waals surface area contributed by atoms with Gasteiger partial charge in [0.2, 0.25) is 11.8 Å². The lowest BCUT2D eigenvalue weighted by atomic mass is 9.66. The molecule has 3 atom stereocenters. The Labute approximate surface area is 242 Å². The molecule has 6 rings (SSSR count). The molecule has 0 spiro atoms. The number of hydrogen-bond donors (Lipinski definition) is 2. The number of halogens is 3. The molecule has 2 amide bonds. The monoisotopic (exact) mass is 583 g/mol. The number of benzene rings is 2. The van der Waals surface area contributed by atoms with Crippen molar-refractivity contribution in [3.63, 3.8) is 0 Å². The van der Waals surface area contributed by atoms with Crippen LogP contribution in [0.25, 0.3) is 10.9 Å². The number of aromatic nitrogens is 1. The predicted molar refractivity (Wildman–Crippen MR) is 153 cm³/mol. The van der Waals surface area contributed by atoms with Gasteiger partial charge in [-0.05, 0) is 48.1 Å². The van der Waals surface area contributed by atoms with Crippen LogP contribution in [0.15, 0.2) is 48.7 Å². The fourth-order valence-electron chi connectivity index (χ4n) is 6.45. The fourth-order valence-corrected chi connectivity index (χ4v) is 7.01. The molecule has 3 unspecified atom stereocenters. The van der Waals surface area contributed by atoms with Crippen molar-refractivity contribution in [2.45, 2.75) is 67.8 Å². The van der Waals surface area contributed by atoms with Crippen molar-refractivity contribution in [3.05, 3.63) is 76.7 Å². The lowest BCUT2D eigenvalue weighted by Crippen LogP contribution is -2.55. The highest BCUT2D eigenvalue weighted by Crippen LogP contribution is 2.59. The van der Waals surface area contributed by atoms with Gasteiger partial charge in [0.15, 0.2) is 0 Å². The predicted octanol–water partition coefficient (Wildman–Crippen LogP) is 5.68. The SMILES string of the molecule is CC1(C)CN(Cc2ccc(C3CC3(Cl)Cl)cc2)CCC1(O)c1ccc2ncc(C3CCC(=O)NC3=O)cc2c1F. The third-order valence-corrected chi connectivity index (χ3v) is 9.89. The minimum Gasteiger partial charge on any atom is -0.384 e. The first-order valence-electron chi connectivity index (χ1n) is 13.7. The summed E-state index contributed by atoms with van der Waals surface area (Å²) >= 11 is 12.4. The standard InChI is InChI=1S/C31H32Cl2FN3O3/c1-29(2)17-37(16-18-3-5-19(6-4-18)24-14-31(24,32)33)12-11-30(29,40)23-8-9-25-22(27(23)34)13-20(15-35-25)21-7-10-26(38)36-28(21)39/h3-6,8-9,13,15,21,24,40H,7,10-12,14,16-17H2,1-2H3,(H,36,38,39). The van der Waals surface area contributed by atoms with Crippen molar-refractivity contribution in [2.75, 3.05) is 13.1 Å². The number of amides is 2. The van der Waals surface area contributed by atoms with E-state index in [1.165, 1.54) is 0 Å². The van der Waals surface area contributed by atoms with Crippen LogP contribution in [0.5, 0.6) is 0 Å². The third kappa shape index (κ3) is 4.81. The Morgan fingerprint density at radius 3 is 2.50 bits per heavy atom. The average Bonchev–Trinajstić information content (AvgIpc) is 3.54. The summed E-state index contributed by atoms with van der Waals surface area (Å²) in [5.74, 6) is -1.60. The van der Waals surface area contributed by atoms with Crippen LogP contribution >= 0.6 is 23.2 Å². The summed E-state index contributed by atoms with van der Waals surface area (Å²) in [6.07, 6.45) is 3.29. The van der Waals surface area contributed by atoms with E-state index in [-0.39, 0.29) is 29.2 Å². The van der Waals surface area contributed by atoms with E-state index in [0.29, 0.717) is 37.0 Å². The van der Waals surface area contributed by atoms with Gasteiger partial charge in [0.25, 0.3) is 0 Å². The number of piperidine rings is 2. The molecule has 2 aliphatic heterocycles. The van der Waals surface area contributed by atoms with Crippen LogP contribution in [0.4, 0.5) is 4.39 Å². The molecule has 2 aromatic carbocycles. The van der Waals surface area contributed by atoms with Crippen molar-refractivity contribution in [3.8, 4) is 0 Å². The summed E-state index contributed by atoms with van der Waals surface area (Å²) in [4.78, 5) is 30.7. The van der Waals surface area contributed by atoms with Crippen LogP contribution in [0, 0.1) is 11.2 Å². The second-order valence-corrected chi connectivity index (χ2v) is 13.8. The number of nitrogens with zero attached hydrogens (tertiary/aromatic N) is 2. The lowest BCUT2D eigenvalue weighted by molar-refractivity contribution is -0.134. The van der Waals surface area contributed by atoms with Crippen molar-refractivity contribution in [2.24, 2.45) is 5.41 Å². The van der Waals surface area contributed by atoms with Gasteiger partial charge in [-0.25, -0.2) is 4.39 Å². The Kier molecular flexibility index (Phi) is 6.73. The molecule has 9 heteroatoms. The molecule has 1 aromatic heterocycles. The summed E-state index contributed by atoms with van der Waals surface area (Å²) < 4.78 is 15.5. The highest BCUT2D eigenvalue weighted by atomic mass is 35.5. The minimum absolute atomic E-state index is 0.181. The molecule has 6 nitrogen and oxygen atoms in total. The van der Waals surface area contributed by atoms with E-state index < -0.39 is 33.0 Å². The molecule has 1 aliphatic carbocycles. The average molecular weight is 585 g/mol. The molecule has 210 valence electrons. The van der Waals surface area contributed by atoms with Crippen LogP contribution in [0.1, 0.15) is 73.6 Å². The van der Waals surface area contributed by atoms with Gasteiger partial charge in [0.1, 0.15) is 10.2 Å². The Hall–Kier alpha value is -2.58. The smallest absolute Gasteiger partial charge is 0.234 e. The molecule has 3 aromatic rings. The van der Waals surface area contributed by atoms with Crippen LogP contribution in [0.3, 0.4) is 0 Å². The lowest BCUT2D eigenvalue weighted by Gasteiger charge is -2.50. The second kappa shape index (κ2) is 9.76. The van der Waals surface area contributed by atoms with E-state index in [2.05, 4.69) is 39.5 Å². The molecule has 3 heterocycles. The quantitative estimate of drug-likeness (QED) is 0.298. The zero-order chi connectivity index (χ0) is 28.4. The highest BCUT2D eigenvalue weighted by Gasteiger charge is 2.52. The van der Waals surface area contributed by atoms with Crippen molar-refractivity contribution < 1.29 is 19.1 Å². The summed E-state index contributed by atoms with van der Waals surface area (Å²) in [6, 6.07) is 13.4. The summed E-state index contributed by atoms with van der Waals surface area (Å²) in [5.41, 5.74) is 1.50. The Morgan fingerprint density at radius 1 is 1.12 bits per heavy atom. The summed E-state index contributed by atoms with van der Waals surface area (Å²) in [7, 11) is 0. The van der Waals surface area contributed by atoms with Crippen LogP contribution in [-0.4, -0.2) is 44.2 Å². The van der Waals surface area contributed by atoms with Gasteiger partial charge in [-0.3, -0.25) is 24.8 Å². The third-order valence-electron chi connectivity index (χ3n) is 9.05. The number of carbonyl (C=O) groups excluding carboxylic acids is 2. The van der Waals surface area contributed by atoms with E-state index >= 15 is 4.39 Å². The van der Waals surface area contributed by atoms with E-state index in [1.54, 1.807) is 24.4 Å². The van der Waals surface area contributed by atoms with E-state index in [1.807, 2.05) is 13.8 Å². The Balaban J connectivity index is 1.22. The molecular formula is C31H32Cl2FN3O3.